The molecule has 1 aromatic rings. The molecule has 0 aliphatic carbocycles. The van der Waals surface area contributed by atoms with Crippen molar-refractivity contribution in [2.24, 2.45) is 0 Å². The van der Waals surface area contributed by atoms with Crippen molar-refractivity contribution in [2.45, 2.75) is 6.61 Å². The summed E-state index contributed by atoms with van der Waals surface area (Å²) in [6, 6.07) is 4.15. The molecule has 0 aromatic heterocycles. The third-order valence-electron chi connectivity index (χ3n) is 1.30. The fourth-order valence-electron chi connectivity index (χ4n) is 0.760. The van der Waals surface area contributed by atoms with Crippen LogP contribution in [0.3, 0.4) is 0 Å². The van der Waals surface area contributed by atoms with Crippen molar-refractivity contribution in [3.05, 3.63) is 34.6 Å². The summed E-state index contributed by atoms with van der Waals surface area (Å²) < 4.78 is 17.0. The van der Waals surface area contributed by atoms with Crippen LogP contribution in [0.2, 0.25) is 5.02 Å². The average molecular weight is 189 g/mol. The minimum absolute atomic E-state index is 0.0296. The SMILES string of the molecule is O=COCc1ccc(F)c(Cl)c1. The molecule has 0 saturated carbocycles. The molecular weight excluding hydrogens is 183 g/mol. The maximum Gasteiger partial charge on any atom is 0.293 e. The van der Waals surface area contributed by atoms with Gasteiger partial charge in [-0.05, 0) is 17.7 Å². The standard InChI is InChI=1S/C8H6ClFO2/c9-7-3-6(4-12-5-11)1-2-8(7)10/h1-3,5H,4H2. The molecule has 0 atom stereocenters. The van der Waals surface area contributed by atoms with E-state index < -0.39 is 5.82 Å². The Labute approximate surface area is 73.9 Å². The van der Waals surface area contributed by atoms with Gasteiger partial charge in [-0.1, -0.05) is 17.7 Å². The summed E-state index contributed by atoms with van der Waals surface area (Å²) in [6.07, 6.45) is 0. The van der Waals surface area contributed by atoms with Crippen LogP contribution in [-0.2, 0) is 16.1 Å². The van der Waals surface area contributed by atoms with Crippen LogP contribution in [0.1, 0.15) is 5.56 Å². The first-order valence-electron chi connectivity index (χ1n) is 3.23. The van der Waals surface area contributed by atoms with Crippen LogP contribution in [0, 0.1) is 5.82 Å². The second-order valence-electron chi connectivity index (χ2n) is 2.16. The number of carbonyl (C=O) groups is 1. The molecule has 0 aliphatic rings. The van der Waals surface area contributed by atoms with Crippen LogP contribution in [0.5, 0.6) is 0 Å². The van der Waals surface area contributed by atoms with E-state index in [1.165, 1.54) is 18.2 Å². The molecule has 0 aliphatic heterocycles. The number of benzene rings is 1. The molecule has 0 bridgehead atoms. The van der Waals surface area contributed by atoms with Gasteiger partial charge in [0.15, 0.2) is 0 Å². The molecule has 0 radical (unpaired) electrons. The molecular formula is C8H6ClFO2. The molecule has 0 fully saturated rings. The number of carbonyl (C=O) groups excluding carboxylic acids is 1. The van der Waals surface area contributed by atoms with E-state index in [2.05, 4.69) is 4.74 Å². The zero-order chi connectivity index (χ0) is 8.97. The third-order valence-corrected chi connectivity index (χ3v) is 1.59. The second-order valence-corrected chi connectivity index (χ2v) is 2.56. The lowest BCUT2D eigenvalue weighted by Gasteiger charge is -1.99. The van der Waals surface area contributed by atoms with Crippen LogP contribution < -0.4 is 0 Å². The topological polar surface area (TPSA) is 26.3 Å². The van der Waals surface area contributed by atoms with Crippen molar-refractivity contribution in [3.8, 4) is 0 Å². The molecule has 0 amide bonds. The Hall–Kier alpha value is -1.09. The lowest BCUT2D eigenvalue weighted by molar-refractivity contribution is -0.129. The van der Waals surface area contributed by atoms with Crippen LogP contribution >= 0.6 is 11.6 Å². The van der Waals surface area contributed by atoms with Gasteiger partial charge in [-0.15, -0.1) is 0 Å². The van der Waals surface area contributed by atoms with Crippen LogP contribution in [0.4, 0.5) is 4.39 Å². The highest BCUT2D eigenvalue weighted by Gasteiger charge is 2.00. The summed E-state index contributed by atoms with van der Waals surface area (Å²) in [5, 5.41) is 0.0296. The first-order chi connectivity index (χ1) is 5.74. The second kappa shape index (κ2) is 4.07. The van der Waals surface area contributed by atoms with E-state index in [1.807, 2.05) is 0 Å². The fraction of sp³-hybridized carbons (Fsp3) is 0.125. The van der Waals surface area contributed by atoms with Gasteiger partial charge in [-0.3, -0.25) is 4.79 Å². The van der Waals surface area contributed by atoms with Gasteiger partial charge in [0.25, 0.3) is 6.47 Å². The third kappa shape index (κ3) is 2.20. The average Bonchev–Trinajstić information content (AvgIpc) is 2.07. The van der Waals surface area contributed by atoms with E-state index in [0.717, 1.165) is 0 Å². The molecule has 0 heterocycles. The van der Waals surface area contributed by atoms with E-state index in [1.54, 1.807) is 0 Å². The lowest BCUT2D eigenvalue weighted by atomic mass is 10.2. The highest BCUT2D eigenvalue weighted by atomic mass is 35.5. The predicted molar refractivity (Wildman–Crippen MR) is 42.3 cm³/mol. The van der Waals surface area contributed by atoms with Gasteiger partial charge in [0, 0.05) is 0 Å². The van der Waals surface area contributed by atoms with Gasteiger partial charge in [-0.25, -0.2) is 4.39 Å². The van der Waals surface area contributed by atoms with Crippen molar-refractivity contribution in [1.29, 1.82) is 0 Å². The Kier molecular flexibility index (Phi) is 3.05. The van der Waals surface area contributed by atoms with E-state index in [9.17, 15) is 9.18 Å². The highest BCUT2D eigenvalue weighted by Crippen LogP contribution is 2.16. The first kappa shape index (κ1) is 9.00. The molecule has 12 heavy (non-hydrogen) atoms. The zero-order valence-electron chi connectivity index (χ0n) is 6.09. The van der Waals surface area contributed by atoms with Crippen LogP contribution in [0.25, 0.3) is 0 Å². The van der Waals surface area contributed by atoms with Crippen LogP contribution in [0.15, 0.2) is 18.2 Å². The molecule has 4 heteroatoms. The van der Waals surface area contributed by atoms with Crippen molar-refractivity contribution < 1.29 is 13.9 Å². The van der Waals surface area contributed by atoms with Gasteiger partial charge >= 0.3 is 0 Å². The van der Waals surface area contributed by atoms with Gasteiger partial charge in [0.2, 0.25) is 0 Å². The summed E-state index contributed by atoms with van der Waals surface area (Å²) in [4.78, 5) is 9.80. The lowest BCUT2D eigenvalue weighted by Crippen LogP contribution is -1.90. The van der Waals surface area contributed by atoms with Gasteiger partial charge in [-0.2, -0.15) is 0 Å². The summed E-state index contributed by atoms with van der Waals surface area (Å²) in [5.41, 5.74) is 0.661. The summed E-state index contributed by atoms with van der Waals surface area (Å²) >= 11 is 5.47. The molecule has 1 rings (SSSR count). The van der Waals surface area contributed by atoms with Crippen LogP contribution in [-0.4, -0.2) is 6.47 Å². The minimum Gasteiger partial charge on any atom is -0.463 e. The Bertz CT molecular complexity index is 288. The number of ether oxygens (including phenoxy) is 1. The quantitative estimate of drug-likeness (QED) is 0.680. The van der Waals surface area contributed by atoms with E-state index >= 15 is 0 Å². The normalized spacial score (nSPS) is 9.50. The largest absolute Gasteiger partial charge is 0.463 e. The number of halogens is 2. The van der Waals surface area contributed by atoms with Crippen molar-refractivity contribution in [2.75, 3.05) is 0 Å². The van der Waals surface area contributed by atoms with Gasteiger partial charge in [0.05, 0.1) is 5.02 Å². The molecule has 0 N–H and O–H groups in total. The summed E-state index contributed by atoms with van der Waals surface area (Å²) in [6.45, 7) is 0.445. The molecule has 0 spiro atoms. The predicted octanol–water partition coefficient (Wildman–Crippen LogP) is 2.15. The maximum atomic E-state index is 12.6. The molecule has 1 aromatic carbocycles. The number of hydrogen-bond donors (Lipinski definition) is 0. The Morgan fingerprint density at radius 3 is 2.92 bits per heavy atom. The van der Waals surface area contributed by atoms with E-state index in [0.29, 0.717) is 12.0 Å². The van der Waals surface area contributed by atoms with Crippen molar-refractivity contribution in [1.82, 2.24) is 0 Å². The minimum atomic E-state index is -0.480. The van der Waals surface area contributed by atoms with Crippen molar-refractivity contribution in [3.63, 3.8) is 0 Å². The van der Waals surface area contributed by atoms with Gasteiger partial charge < -0.3 is 4.74 Å². The highest BCUT2D eigenvalue weighted by molar-refractivity contribution is 6.30. The fourth-order valence-corrected chi connectivity index (χ4v) is 0.963. The zero-order valence-corrected chi connectivity index (χ0v) is 6.84. The monoisotopic (exact) mass is 188 g/mol. The summed E-state index contributed by atoms with van der Waals surface area (Å²) in [7, 11) is 0. The van der Waals surface area contributed by atoms with Crippen molar-refractivity contribution >= 4 is 18.1 Å². The molecule has 0 saturated heterocycles. The molecule has 0 unspecified atom stereocenters. The number of hydrogen-bond acceptors (Lipinski definition) is 2. The Morgan fingerprint density at radius 1 is 1.58 bits per heavy atom. The smallest absolute Gasteiger partial charge is 0.293 e. The maximum absolute atomic E-state index is 12.6. The van der Waals surface area contributed by atoms with Gasteiger partial charge in [0.1, 0.15) is 12.4 Å². The molecule has 2 nitrogen and oxygen atoms in total. The van der Waals surface area contributed by atoms with E-state index in [4.69, 9.17) is 11.6 Å². The molecule has 64 valence electrons. The number of rotatable bonds is 3. The summed E-state index contributed by atoms with van der Waals surface area (Å²) in [5.74, 6) is -0.480. The first-order valence-corrected chi connectivity index (χ1v) is 3.61. The Morgan fingerprint density at radius 2 is 2.33 bits per heavy atom. The van der Waals surface area contributed by atoms with E-state index in [-0.39, 0.29) is 11.6 Å². The Balaban J connectivity index is 2.75.